The lowest BCUT2D eigenvalue weighted by Gasteiger charge is -2.46. The maximum absolute atomic E-state index is 6.69. The molecule has 0 N–H and O–H groups in total. The first-order chi connectivity index (χ1) is 23.6. The summed E-state index contributed by atoms with van der Waals surface area (Å²) in [5, 5.41) is 0. The molecule has 2 fully saturated rings. The Morgan fingerprint density at radius 1 is 0.521 bits per heavy atom. The van der Waals surface area contributed by atoms with Gasteiger partial charge in [-0.3, -0.25) is 0 Å². The van der Waals surface area contributed by atoms with Gasteiger partial charge >= 0.3 is 0 Å². The predicted octanol–water partition coefficient (Wildman–Crippen LogP) is 5.09. The first-order valence-corrected chi connectivity index (χ1v) is 16.2. The summed E-state index contributed by atoms with van der Waals surface area (Å²) >= 11 is 0. The van der Waals surface area contributed by atoms with Crippen molar-refractivity contribution in [3.05, 3.63) is 120 Å². The molecule has 10 nitrogen and oxygen atoms in total. The number of hydrogen-bond donors (Lipinski definition) is 0. The minimum Gasteiger partial charge on any atom is -0.382 e. The van der Waals surface area contributed by atoms with Crippen molar-refractivity contribution >= 4 is 0 Å². The van der Waals surface area contributed by atoms with E-state index >= 15 is 0 Å². The second-order valence-corrected chi connectivity index (χ2v) is 11.8. The van der Waals surface area contributed by atoms with Crippen molar-refractivity contribution in [2.45, 2.75) is 75.1 Å². The van der Waals surface area contributed by atoms with E-state index in [2.05, 4.69) is 6.58 Å². The number of benzene rings is 3. The van der Waals surface area contributed by atoms with Crippen LogP contribution >= 0.6 is 0 Å². The van der Waals surface area contributed by atoms with Gasteiger partial charge in [0.15, 0.2) is 12.6 Å². The van der Waals surface area contributed by atoms with Gasteiger partial charge in [-0.2, -0.15) is 0 Å². The molecule has 5 rings (SSSR count). The molecule has 2 saturated heterocycles. The minimum absolute atomic E-state index is 0.0768. The van der Waals surface area contributed by atoms with E-state index in [1.807, 2.05) is 91.0 Å². The van der Waals surface area contributed by atoms with Crippen molar-refractivity contribution in [1.29, 1.82) is 0 Å². The summed E-state index contributed by atoms with van der Waals surface area (Å²) in [6.07, 6.45) is -5.36. The maximum Gasteiger partial charge on any atom is 0.186 e. The van der Waals surface area contributed by atoms with Crippen LogP contribution in [-0.4, -0.2) is 97.0 Å². The Bertz CT molecular complexity index is 1340. The van der Waals surface area contributed by atoms with Crippen LogP contribution in [0.4, 0.5) is 0 Å². The normalized spacial score (nSPS) is 29.2. The fraction of sp³-hybridized carbons (Fsp3) is 0.474. The van der Waals surface area contributed by atoms with Crippen molar-refractivity contribution in [2.24, 2.45) is 0 Å². The average molecular weight is 665 g/mol. The van der Waals surface area contributed by atoms with Gasteiger partial charge in [0.2, 0.25) is 0 Å². The summed E-state index contributed by atoms with van der Waals surface area (Å²) in [5.41, 5.74) is 3.64. The van der Waals surface area contributed by atoms with E-state index in [1.165, 1.54) is 0 Å². The summed E-state index contributed by atoms with van der Waals surface area (Å²) in [5.74, 6) is 0. The third kappa shape index (κ3) is 9.36. The van der Waals surface area contributed by atoms with Gasteiger partial charge in [0.25, 0.3) is 0 Å². The van der Waals surface area contributed by atoms with Gasteiger partial charge in [-0.15, -0.1) is 0 Å². The molecule has 3 aromatic rings. The molecule has 10 heteroatoms. The van der Waals surface area contributed by atoms with E-state index in [1.54, 1.807) is 28.4 Å². The lowest BCUT2D eigenvalue weighted by molar-refractivity contribution is -0.329. The molecule has 0 amide bonds. The number of methoxy groups -OCH3 is 4. The largest absolute Gasteiger partial charge is 0.382 e. The third-order valence-electron chi connectivity index (χ3n) is 8.58. The summed E-state index contributed by atoms with van der Waals surface area (Å²) in [6, 6.07) is 29.9. The number of ether oxygens (including phenoxy) is 10. The summed E-state index contributed by atoms with van der Waals surface area (Å²) < 4.78 is 61.9. The Balaban J connectivity index is 1.41. The summed E-state index contributed by atoms with van der Waals surface area (Å²) in [6.45, 7) is 5.59. The Morgan fingerprint density at radius 2 is 1.02 bits per heavy atom. The number of rotatable bonds is 17. The van der Waals surface area contributed by atoms with Crippen LogP contribution in [0, 0.1) is 0 Å². The van der Waals surface area contributed by atoms with Crippen LogP contribution in [0.15, 0.2) is 103 Å². The van der Waals surface area contributed by atoms with E-state index in [9.17, 15) is 0 Å². The smallest absolute Gasteiger partial charge is 0.186 e. The lowest BCUT2D eigenvalue weighted by atomic mass is 9.96. The summed E-state index contributed by atoms with van der Waals surface area (Å²) in [4.78, 5) is 0. The van der Waals surface area contributed by atoms with Crippen LogP contribution < -0.4 is 0 Å². The lowest BCUT2D eigenvalue weighted by Crippen LogP contribution is -2.62. The van der Waals surface area contributed by atoms with E-state index in [-0.39, 0.29) is 13.2 Å². The molecule has 0 unspecified atom stereocenters. The highest BCUT2D eigenvalue weighted by atomic mass is 16.7. The van der Waals surface area contributed by atoms with Crippen LogP contribution in [0.1, 0.15) is 16.7 Å². The average Bonchev–Trinajstić information content (AvgIpc) is 3.13. The topological polar surface area (TPSA) is 92.3 Å². The highest BCUT2D eigenvalue weighted by Crippen LogP contribution is 2.33. The Kier molecular flexibility index (Phi) is 14.1. The van der Waals surface area contributed by atoms with Gasteiger partial charge in [0.05, 0.1) is 33.0 Å². The van der Waals surface area contributed by atoms with Crippen LogP contribution in [-0.2, 0) is 67.2 Å². The zero-order valence-corrected chi connectivity index (χ0v) is 28.2. The second kappa shape index (κ2) is 18.7. The molecule has 0 aliphatic carbocycles. The van der Waals surface area contributed by atoms with Crippen LogP contribution in [0.5, 0.6) is 0 Å². The molecule has 9 atom stereocenters. The molecule has 0 radical (unpaired) electrons. The predicted molar refractivity (Wildman–Crippen MR) is 178 cm³/mol. The van der Waals surface area contributed by atoms with Crippen molar-refractivity contribution < 1.29 is 47.4 Å². The van der Waals surface area contributed by atoms with Crippen molar-refractivity contribution in [3.63, 3.8) is 0 Å². The quantitative estimate of drug-likeness (QED) is 0.182. The standard InChI is InChI=1S/C38H48O10/c1-26-32(40-3)33(41-4)30(24-39-2)47-37(26)46-25-31-34(43-21-27-15-9-6-10-16-27)35(44-22-28-17-11-7-12-18-28)36(38(42-5)48-31)45-23-29-19-13-8-14-20-29/h6-20,30-38H,1,21-25H2,2-5H3/t30-,31-,32-,33-,34-,35+,36-,37+,38+/m1/s1. The van der Waals surface area contributed by atoms with Crippen molar-refractivity contribution in [1.82, 2.24) is 0 Å². The Hall–Kier alpha value is -3.00. The van der Waals surface area contributed by atoms with Gasteiger partial charge in [0, 0.05) is 34.0 Å². The van der Waals surface area contributed by atoms with E-state index < -0.39 is 55.3 Å². The maximum atomic E-state index is 6.69. The minimum atomic E-state index is -0.809. The SMILES string of the molecule is C=C1[C@@H](OC[C@H]2O[C@H](OC)[C@H](OCc3ccccc3)[C@@H](OCc3ccccc3)[C@@H]2OCc2ccccc2)O[C@H](COC)[C@@H](OC)[C@@H]1OC. The molecule has 48 heavy (non-hydrogen) atoms. The van der Waals surface area contributed by atoms with Gasteiger partial charge in [-0.25, -0.2) is 0 Å². The van der Waals surface area contributed by atoms with Gasteiger partial charge in [0.1, 0.15) is 42.7 Å². The van der Waals surface area contributed by atoms with E-state index in [0.717, 1.165) is 16.7 Å². The Morgan fingerprint density at radius 3 is 1.50 bits per heavy atom. The zero-order valence-electron chi connectivity index (χ0n) is 28.2. The van der Waals surface area contributed by atoms with Crippen molar-refractivity contribution in [3.8, 4) is 0 Å². The molecule has 0 bridgehead atoms. The molecule has 2 aliphatic rings. The van der Waals surface area contributed by atoms with Crippen LogP contribution in [0.2, 0.25) is 0 Å². The first kappa shape index (κ1) is 36.3. The molecule has 2 heterocycles. The Labute approximate surface area is 283 Å². The first-order valence-electron chi connectivity index (χ1n) is 16.2. The fourth-order valence-corrected chi connectivity index (χ4v) is 6.12. The molecular formula is C38H48O10. The molecule has 0 spiro atoms. The molecule has 260 valence electrons. The van der Waals surface area contributed by atoms with E-state index in [4.69, 9.17) is 47.4 Å². The number of hydrogen-bond acceptors (Lipinski definition) is 10. The highest BCUT2D eigenvalue weighted by Gasteiger charge is 2.50. The molecule has 3 aromatic carbocycles. The van der Waals surface area contributed by atoms with Gasteiger partial charge in [-0.1, -0.05) is 97.6 Å². The second-order valence-electron chi connectivity index (χ2n) is 11.8. The molecular weight excluding hydrogens is 616 g/mol. The summed E-state index contributed by atoms with van der Waals surface area (Å²) in [7, 11) is 6.42. The highest BCUT2D eigenvalue weighted by molar-refractivity contribution is 5.17. The molecule has 0 aromatic heterocycles. The fourth-order valence-electron chi connectivity index (χ4n) is 6.12. The van der Waals surface area contributed by atoms with Crippen LogP contribution in [0.3, 0.4) is 0 Å². The monoisotopic (exact) mass is 664 g/mol. The van der Waals surface area contributed by atoms with E-state index in [0.29, 0.717) is 25.4 Å². The zero-order chi connectivity index (χ0) is 33.7. The molecule has 2 aliphatic heterocycles. The third-order valence-corrected chi connectivity index (χ3v) is 8.58. The van der Waals surface area contributed by atoms with Gasteiger partial charge < -0.3 is 47.4 Å². The van der Waals surface area contributed by atoms with Gasteiger partial charge in [-0.05, 0) is 16.7 Å². The van der Waals surface area contributed by atoms with Crippen LogP contribution in [0.25, 0.3) is 0 Å². The molecule has 0 saturated carbocycles. The van der Waals surface area contributed by atoms with Crippen molar-refractivity contribution in [2.75, 3.05) is 41.7 Å².